The van der Waals surface area contributed by atoms with E-state index in [1.807, 2.05) is 0 Å². The summed E-state index contributed by atoms with van der Waals surface area (Å²) in [5.74, 6) is -1.46. The molecule has 0 saturated carbocycles. The van der Waals surface area contributed by atoms with Crippen LogP contribution in [0.4, 0.5) is 13.2 Å². The molecule has 0 atom stereocenters. The van der Waals surface area contributed by atoms with Crippen LogP contribution < -0.4 is 4.74 Å². The van der Waals surface area contributed by atoms with Gasteiger partial charge >= 0.3 is 6.18 Å². The van der Waals surface area contributed by atoms with Crippen molar-refractivity contribution in [3.05, 3.63) is 71.3 Å². The molecular weight excluding hydrogens is 445 g/mol. The van der Waals surface area contributed by atoms with Gasteiger partial charge in [0.25, 0.3) is 0 Å². The van der Waals surface area contributed by atoms with E-state index in [1.165, 1.54) is 49.6 Å². The monoisotopic (exact) mass is 458 g/mol. The SMILES string of the molecule is COc1ccc(S(=O)(=O)CC(=O)c2ncn(-c3ccccc3C(F)(F)F)c2Cl)cc1. The molecule has 0 N–H and O–H groups in total. The molecule has 3 rings (SSSR count). The highest BCUT2D eigenvalue weighted by Crippen LogP contribution is 2.35. The van der Waals surface area contributed by atoms with Gasteiger partial charge in [0.15, 0.2) is 15.6 Å². The van der Waals surface area contributed by atoms with E-state index in [2.05, 4.69) is 4.98 Å². The normalized spacial score (nSPS) is 12.0. The Kier molecular flexibility index (Phi) is 5.91. The van der Waals surface area contributed by atoms with Gasteiger partial charge in [0.1, 0.15) is 28.7 Å². The summed E-state index contributed by atoms with van der Waals surface area (Å²) in [7, 11) is -2.61. The number of benzene rings is 2. The van der Waals surface area contributed by atoms with Crippen LogP contribution in [0.3, 0.4) is 0 Å². The summed E-state index contributed by atoms with van der Waals surface area (Å²) in [6.45, 7) is 0. The second kappa shape index (κ2) is 8.11. The second-order valence-corrected chi connectivity index (χ2v) is 8.47. The van der Waals surface area contributed by atoms with Crippen LogP contribution in [-0.4, -0.2) is 36.6 Å². The molecule has 158 valence electrons. The summed E-state index contributed by atoms with van der Waals surface area (Å²) in [4.78, 5) is 16.2. The summed E-state index contributed by atoms with van der Waals surface area (Å²) in [6.07, 6.45) is -3.72. The lowest BCUT2D eigenvalue weighted by atomic mass is 10.1. The first kappa shape index (κ1) is 21.8. The molecule has 11 heteroatoms. The van der Waals surface area contributed by atoms with E-state index in [1.54, 1.807) is 0 Å². The van der Waals surface area contributed by atoms with Gasteiger partial charge in [-0.25, -0.2) is 13.4 Å². The number of ether oxygens (including phenoxy) is 1. The van der Waals surface area contributed by atoms with Crippen molar-refractivity contribution >= 4 is 27.2 Å². The summed E-state index contributed by atoms with van der Waals surface area (Å²) >= 11 is 6.09. The Balaban J connectivity index is 1.92. The molecule has 0 aliphatic heterocycles. The van der Waals surface area contributed by atoms with E-state index < -0.39 is 44.0 Å². The summed E-state index contributed by atoms with van der Waals surface area (Å²) in [6, 6.07) is 10.0. The van der Waals surface area contributed by atoms with E-state index in [4.69, 9.17) is 16.3 Å². The smallest absolute Gasteiger partial charge is 0.418 e. The molecule has 1 heterocycles. The van der Waals surface area contributed by atoms with Crippen LogP contribution in [-0.2, 0) is 16.0 Å². The quantitative estimate of drug-likeness (QED) is 0.517. The van der Waals surface area contributed by atoms with Gasteiger partial charge in [-0.3, -0.25) is 9.36 Å². The van der Waals surface area contributed by atoms with Gasteiger partial charge < -0.3 is 4.74 Å². The number of carbonyl (C=O) groups is 1. The van der Waals surface area contributed by atoms with Gasteiger partial charge in [-0.2, -0.15) is 13.2 Å². The van der Waals surface area contributed by atoms with Gasteiger partial charge in [0, 0.05) is 0 Å². The molecule has 0 aliphatic rings. The number of carbonyl (C=O) groups excluding carboxylic acids is 1. The maximum absolute atomic E-state index is 13.3. The molecule has 0 aliphatic carbocycles. The topological polar surface area (TPSA) is 78.3 Å². The Bertz CT molecular complexity index is 1190. The summed E-state index contributed by atoms with van der Waals surface area (Å²) < 4.78 is 70.6. The van der Waals surface area contributed by atoms with Crippen LogP contribution in [0.2, 0.25) is 5.15 Å². The Morgan fingerprint density at radius 2 is 1.77 bits per heavy atom. The Morgan fingerprint density at radius 3 is 2.37 bits per heavy atom. The highest BCUT2D eigenvalue weighted by atomic mass is 35.5. The lowest BCUT2D eigenvalue weighted by Gasteiger charge is -2.13. The van der Waals surface area contributed by atoms with Crippen LogP contribution >= 0.6 is 11.6 Å². The van der Waals surface area contributed by atoms with Crippen molar-refractivity contribution in [3.8, 4) is 11.4 Å². The number of hydrogen-bond donors (Lipinski definition) is 0. The lowest BCUT2D eigenvalue weighted by molar-refractivity contribution is -0.137. The van der Waals surface area contributed by atoms with Crippen molar-refractivity contribution in [1.82, 2.24) is 9.55 Å². The number of para-hydroxylation sites is 1. The Morgan fingerprint density at radius 1 is 1.13 bits per heavy atom. The molecule has 0 bridgehead atoms. The van der Waals surface area contributed by atoms with Gasteiger partial charge in [-0.1, -0.05) is 23.7 Å². The maximum Gasteiger partial charge on any atom is 0.418 e. The van der Waals surface area contributed by atoms with Crippen molar-refractivity contribution in [3.63, 3.8) is 0 Å². The number of Topliss-reactive ketones (excluding diaryl/α,β-unsaturated/α-hetero) is 1. The Labute approximate surface area is 174 Å². The van der Waals surface area contributed by atoms with Crippen LogP contribution in [0.5, 0.6) is 5.75 Å². The number of alkyl halides is 3. The largest absolute Gasteiger partial charge is 0.497 e. The predicted molar refractivity (Wildman–Crippen MR) is 103 cm³/mol. The molecule has 6 nitrogen and oxygen atoms in total. The molecule has 0 fully saturated rings. The number of ketones is 1. The molecule has 0 saturated heterocycles. The van der Waals surface area contributed by atoms with Crippen LogP contribution in [0.25, 0.3) is 5.69 Å². The fourth-order valence-electron chi connectivity index (χ4n) is 2.72. The highest BCUT2D eigenvalue weighted by molar-refractivity contribution is 7.92. The minimum atomic E-state index is -4.66. The first-order chi connectivity index (χ1) is 14.0. The van der Waals surface area contributed by atoms with Crippen molar-refractivity contribution in [2.45, 2.75) is 11.1 Å². The molecule has 0 radical (unpaired) electrons. The van der Waals surface area contributed by atoms with Gasteiger partial charge in [0.05, 0.1) is 23.3 Å². The fraction of sp³-hybridized carbons (Fsp3) is 0.158. The first-order valence-electron chi connectivity index (χ1n) is 8.34. The van der Waals surface area contributed by atoms with Crippen molar-refractivity contribution in [1.29, 1.82) is 0 Å². The predicted octanol–water partition coefficient (Wildman–Crippen LogP) is 4.21. The number of aromatic nitrogens is 2. The molecule has 0 spiro atoms. The minimum absolute atomic E-state index is 0.116. The van der Waals surface area contributed by atoms with E-state index in [-0.39, 0.29) is 10.6 Å². The highest BCUT2D eigenvalue weighted by Gasteiger charge is 2.34. The van der Waals surface area contributed by atoms with E-state index >= 15 is 0 Å². The molecule has 3 aromatic rings. The zero-order valence-electron chi connectivity index (χ0n) is 15.4. The standard InChI is InChI=1S/C19H14ClF3N2O4S/c1-29-12-6-8-13(9-7-12)30(27,28)10-16(26)17-18(20)25(11-24-17)15-5-3-2-4-14(15)19(21,22)23/h2-9,11H,10H2,1H3. The number of nitrogens with zero attached hydrogens (tertiary/aromatic N) is 2. The second-order valence-electron chi connectivity index (χ2n) is 6.13. The van der Waals surface area contributed by atoms with E-state index in [0.29, 0.717) is 5.75 Å². The van der Waals surface area contributed by atoms with Crippen LogP contribution in [0.1, 0.15) is 16.1 Å². The average molecular weight is 459 g/mol. The minimum Gasteiger partial charge on any atom is -0.497 e. The van der Waals surface area contributed by atoms with Crippen LogP contribution in [0, 0.1) is 0 Å². The van der Waals surface area contributed by atoms with E-state index in [9.17, 15) is 26.4 Å². The molecule has 1 aromatic heterocycles. The number of hydrogen-bond acceptors (Lipinski definition) is 5. The van der Waals surface area contributed by atoms with Crippen molar-refractivity contribution in [2.24, 2.45) is 0 Å². The summed E-state index contributed by atoms with van der Waals surface area (Å²) in [5, 5.41) is -0.415. The van der Waals surface area contributed by atoms with Crippen molar-refractivity contribution in [2.75, 3.05) is 12.9 Å². The molecule has 0 unspecified atom stereocenters. The van der Waals surface area contributed by atoms with E-state index in [0.717, 1.165) is 17.0 Å². The third-order valence-corrected chi connectivity index (χ3v) is 6.18. The molecular formula is C19H14ClF3N2O4S. The third-order valence-electron chi connectivity index (χ3n) is 4.18. The number of methoxy groups -OCH3 is 1. The average Bonchev–Trinajstić information content (AvgIpc) is 3.08. The van der Waals surface area contributed by atoms with Gasteiger partial charge in [-0.15, -0.1) is 0 Å². The number of imidazole rings is 1. The Hall–Kier alpha value is -2.85. The first-order valence-corrected chi connectivity index (χ1v) is 10.4. The molecule has 2 aromatic carbocycles. The van der Waals surface area contributed by atoms with Gasteiger partial charge in [-0.05, 0) is 36.4 Å². The molecule has 0 amide bonds. The summed E-state index contributed by atoms with van der Waals surface area (Å²) in [5.41, 5.74) is -1.75. The number of halogens is 4. The van der Waals surface area contributed by atoms with Crippen LogP contribution in [0.15, 0.2) is 59.8 Å². The number of sulfone groups is 1. The lowest BCUT2D eigenvalue weighted by Crippen LogP contribution is -2.17. The zero-order valence-corrected chi connectivity index (χ0v) is 16.9. The fourth-order valence-corrected chi connectivity index (χ4v) is 4.21. The molecule has 30 heavy (non-hydrogen) atoms. The zero-order chi connectivity index (χ0) is 22.1. The maximum atomic E-state index is 13.3. The number of rotatable bonds is 6. The van der Waals surface area contributed by atoms with Crippen molar-refractivity contribution < 1.29 is 31.1 Å². The van der Waals surface area contributed by atoms with Gasteiger partial charge in [0.2, 0.25) is 0 Å². The third kappa shape index (κ3) is 4.34.